The molecular weight excluding hydrogens is 363 g/mol. The first kappa shape index (κ1) is 26.8. The van der Waals surface area contributed by atoms with E-state index < -0.39 is 15.6 Å². The van der Waals surface area contributed by atoms with Crippen molar-refractivity contribution in [2.24, 2.45) is 0 Å². The molecule has 5 heteroatoms. The van der Waals surface area contributed by atoms with E-state index in [2.05, 4.69) is 13.8 Å². The predicted molar refractivity (Wildman–Crippen MR) is 114 cm³/mol. The van der Waals surface area contributed by atoms with Crippen LogP contribution >= 0.6 is 0 Å². The average molecular weight is 409 g/mol. The second-order valence-electron chi connectivity index (χ2n) is 7.82. The molecule has 0 bridgehead atoms. The van der Waals surface area contributed by atoms with Crippen molar-refractivity contribution in [3.63, 3.8) is 0 Å². The van der Waals surface area contributed by atoms with E-state index in [1.165, 1.54) is 64.2 Å². The van der Waals surface area contributed by atoms with Gasteiger partial charge in [-0.3, -0.25) is 4.18 Å². The van der Waals surface area contributed by atoms with Gasteiger partial charge in [-0.25, -0.2) is 4.39 Å². The molecular formula is C22H45FO3S. The summed E-state index contributed by atoms with van der Waals surface area (Å²) >= 11 is 0. The number of alkyl halides is 1. The van der Waals surface area contributed by atoms with Crippen molar-refractivity contribution >= 4 is 10.1 Å². The maximum Gasteiger partial charge on any atom is 0.299 e. The molecule has 0 aromatic carbocycles. The van der Waals surface area contributed by atoms with Crippen LogP contribution in [0.3, 0.4) is 0 Å². The van der Waals surface area contributed by atoms with Crippen molar-refractivity contribution in [2.45, 2.75) is 135 Å². The molecule has 1 atom stereocenters. The zero-order chi connectivity index (χ0) is 20.2. The lowest BCUT2D eigenvalue weighted by Crippen LogP contribution is -2.19. The lowest BCUT2D eigenvalue weighted by Gasteiger charge is -2.10. The molecule has 0 spiro atoms. The molecule has 0 fully saturated rings. The second kappa shape index (κ2) is 19.2. The van der Waals surface area contributed by atoms with Crippen LogP contribution < -0.4 is 0 Å². The summed E-state index contributed by atoms with van der Waals surface area (Å²) in [6.45, 7) is 4.51. The predicted octanol–water partition coefficient (Wildman–Crippen LogP) is 7.69. The highest BCUT2D eigenvalue weighted by molar-refractivity contribution is 7.87. The molecule has 0 aromatic rings. The Bertz CT molecular complexity index is 398. The monoisotopic (exact) mass is 408 g/mol. The Labute approximate surface area is 169 Å². The summed E-state index contributed by atoms with van der Waals surface area (Å²) in [7, 11) is -4.04. The van der Waals surface area contributed by atoms with Gasteiger partial charge in [0.15, 0.2) is 0 Å². The first-order chi connectivity index (χ1) is 13.0. The maximum absolute atomic E-state index is 13.9. The van der Waals surface area contributed by atoms with E-state index in [1.54, 1.807) is 0 Å². The van der Waals surface area contributed by atoms with Crippen molar-refractivity contribution in [2.75, 3.05) is 6.61 Å². The van der Waals surface area contributed by atoms with Crippen molar-refractivity contribution in [3.05, 3.63) is 0 Å². The fourth-order valence-corrected chi connectivity index (χ4v) is 4.20. The SMILES string of the molecule is CCCCCCCCCCCCCOS(=O)(=O)C(F)CCCCCCCC. The summed E-state index contributed by atoms with van der Waals surface area (Å²) in [6, 6.07) is 0. The van der Waals surface area contributed by atoms with Crippen LogP contribution in [0, 0.1) is 0 Å². The van der Waals surface area contributed by atoms with Crippen LogP contribution in [0.1, 0.15) is 129 Å². The van der Waals surface area contributed by atoms with Gasteiger partial charge in [-0.05, 0) is 19.3 Å². The Balaban J connectivity index is 3.50. The number of rotatable bonds is 21. The van der Waals surface area contributed by atoms with Crippen LogP contribution in [0.5, 0.6) is 0 Å². The molecule has 0 aliphatic heterocycles. The van der Waals surface area contributed by atoms with E-state index in [1.807, 2.05) is 0 Å². The van der Waals surface area contributed by atoms with Crippen LogP contribution in [0.25, 0.3) is 0 Å². The van der Waals surface area contributed by atoms with Gasteiger partial charge in [0, 0.05) is 0 Å². The van der Waals surface area contributed by atoms with Crippen molar-refractivity contribution < 1.29 is 17.0 Å². The highest BCUT2D eigenvalue weighted by Gasteiger charge is 2.25. The third-order valence-corrected chi connectivity index (χ3v) is 6.45. The molecule has 3 nitrogen and oxygen atoms in total. The zero-order valence-electron chi connectivity index (χ0n) is 18.0. The molecule has 164 valence electrons. The fraction of sp³-hybridized carbons (Fsp3) is 1.00. The summed E-state index contributed by atoms with van der Waals surface area (Å²) in [5.74, 6) is 0. The topological polar surface area (TPSA) is 43.4 Å². The van der Waals surface area contributed by atoms with Crippen LogP contribution in [0.15, 0.2) is 0 Å². The van der Waals surface area contributed by atoms with Gasteiger partial charge in [-0.15, -0.1) is 0 Å². The minimum absolute atomic E-state index is 0.0622. The number of halogens is 1. The Hall–Kier alpha value is -0.160. The van der Waals surface area contributed by atoms with Gasteiger partial charge in [0.1, 0.15) is 0 Å². The molecule has 0 amide bonds. The molecule has 0 aliphatic carbocycles. The first-order valence-corrected chi connectivity index (χ1v) is 13.0. The highest BCUT2D eigenvalue weighted by atomic mass is 32.2. The molecule has 27 heavy (non-hydrogen) atoms. The van der Waals surface area contributed by atoms with Crippen molar-refractivity contribution in [1.29, 1.82) is 0 Å². The van der Waals surface area contributed by atoms with E-state index in [9.17, 15) is 12.8 Å². The third-order valence-electron chi connectivity index (χ3n) is 5.09. The number of hydrogen-bond acceptors (Lipinski definition) is 3. The Morgan fingerprint density at radius 1 is 0.630 bits per heavy atom. The highest BCUT2D eigenvalue weighted by Crippen LogP contribution is 2.17. The Morgan fingerprint density at radius 2 is 1.00 bits per heavy atom. The molecule has 0 heterocycles. The Morgan fingerprint density at radius 3 is 1.44 bits per heavy atom. The van der Waals surface area contributed by atoms with E-state index in [0.717, 1.165) is 32.1 Å². The molecule has 0 aromatic heterocycles. The molecule has 0 N–H and O–H groups in total. The quantitative estimate of drug-likeness (QED) is 0.144. The van der Waals surface area contributed by atoms with Gasteiger partial charge in [0.25, 0.3) is 10.1 Å². The first-order valence-electron chi connectivity index (χ1n) is 11.6. The lowest BCUT2D eigenvalue weighted by atomic mass is 10.1. The minimum Gasteiger partial charge on any atom is -0.268 e. The van der Waals surface area contributed by atoms with Gasteiger partial charge in [-0.2, -0.15) is 8.42 Å². The van der Waals surface area contributed by atoms with Gasteiger partial charge >= 0.3 is 0 Å². The summed E-state index contributed by atoms with van der Waals surface area (Å²) in [4.78, 5) is 0. The smallest absolute Gasteiger partial charge is 0.268 e. The molecule has 1 unspecified atom stereocenters. The van der Waals surface area contributed by atoms with Crippen LogP contribution in [-0.2, 0) is 14.3 Å². The summed E-state index contributed by atoms with van der Waals surface area (Å²) in [5, 5.41) is 0. The molecule has 0 rings (SSSR count). The zero-order valence-corrected chi connectivity index (χ0v) is 18.8. The van der Waals surface area contributed by atoms with E-state index in [0.29, 0.717) is 12.8 Å². The van der Waals surface area contributed by atoms with E-state index in [-0.39, 0.29) is 13.0 Å². The summed E-state index contributed by atoms with van der Waals surface area (Å²) in [6.07, 6.45) is 19.3. The standard InChI is InChI=1S/C22H45FO3S/c1-3-5-7-9-11-12-13-14-15-17-19-21-26-27(24,25)22(23)20-18-16-10-8-6-4-2/h22H,3-21H2,1-2H3. The van der Waals surface area contributed by atoms with Gasteiger partial charge < -0.3 is 0 Å². The second-order valence-corrected chi connectivity index (χ2v) is 9.55. The van der Waals surface area contributed by atoms with Crippen LogP contribution in [-0.4, -0.2) is 20.5 Å². The normalized spacial score (nSPS) is 13.1. The van der Waals surface area contributed by atoms with Gasteiger partial charge in [-0.1, -0.05) is 110 Å². The third kappa shape index (κ3) is 17.7. The maximum atomic E-state index is 13.9. The Kier molecular flexibility index (Phi) is 19.1. The molecule has 0 saturated heterocycles. The van der Waals surface area contributed by atoms with Crippen molar-refractivity contribution in [3.8, 4) is 0 Å². The lowest BCUT2D eigenvalue weighted by molar-refractivity contribution is 0.270. The minimum atomic E-state index is -4.04. The number of hydrogen-bond donors (Lipinski definition) is 0. The van der Waals surface area contributed by atoms with Crippen molar-refractivity contribution in [1.82, 2.24) is 0 Å². The fourth-order valence-electron chi connectivity index (χ4n) is 3.24. The average Bonchev–Trinajstić information content (AvgIpc) is 2.65. The summed E-state index contributed by atoms with van der Waals surface area (Å²) < 4.78 is 42.3. The summed E-state index contributed by atoms with van der Waals surface area (Å²) in [5.41, 5.74) is -1.86. The van der Waals surface area contributed by atoms with E-state index >= 15 is 0 Å². The number of unbranched alkanes of at least 4 members (excludes halogenated alkanes) is 15. The van der Waals surface area contributed by atoms with Gasteiger partial charge in [0.05, 0.1) is 6.61 Å². The van der Waals surface area contributed by atoms with Gasteiger partial charge in [0.2, 0.25) is 5.50 Å². The van der Waals surface area contributed by atoms with Crippen LogP contribution in [0.2, 0.25) is 0 Å². The van der Waals surface area contributed by atoms with E-state index in [4.69, 9.17) is 4.18 Å². The molecule has 0 aliphatic rings. The largest absolute Gasteiger partial charge is 0.299 e. The molecule has 0 radical (unpaired) electrons. The molecule has 0 saturated carbocycles. The van der Waals surface area contributed by atoms with Crippen LogP contribution in [0.4, 0.5) is 4.39 Å².